The minimum Gasteiger partial charge on any atom is -0.397 e. The van der Waals surface area contributed by atoms with E-state index in [0.717, 1.165) is 24.5 Å². The predicted octanol–water partition coefficient (Wildman–Crippen LogP) is 2.86. The fraction of sp³-hybridized carbons (Fsp3) is 0.455. The minimum atomic E-state index is 0.675. The predicted molar refractivity (Wildman–Crippen MR) is 70.0 cm³/mol. The van der Waals surface area contributed by atoms with Gasteiger partial charge in [-0.1, -0.05) is 18.5 Å². The molecule has 0 aromatic heterocycles. The van der Waals surface area contributed by atoms with Gasteiger partial charge in [0.1, 0.15) is 0 Å². The number of nitrogens with two attached hydrogens (primary N) is 1. The molecule has 1 fully saturated rings. The standard InChI is InChI=1S/C11H15ClN2S/c1-8-7-14(4-5-15-8)11-3-2-9(12)6-10(11)13/h2-3,6,8H,4-5,7,13H2,1H3. The lowest BCUT2D eigenvalue weighted by Gasteiger charge is -2.33. The van der Waals surface area contributed by atoms with Crippen LogP contribution in [0.3, 0.4) is 0 Å². The molecule has 1 aromatic rings. The molecule has 1 unspecified atom stereocenters. The van der Waals surface area contributed by atoms with Gasteiger partial charge >= 0.3 is 0 Å². The molecule has 0 spiro atoms. The zero-order valence-electron chi connectivity index (χ0n) is 8.74. The SMILES string of the molecule is CC1CN(c2ccc(Cl)cc2N)CCS1. The molecule has 1 aliphatic rings. The van der Waals surface area contributed by atoms with Gasteiger partial charge in [0.05, 0.1) is 11.4 Å². The average molecular weight is 243 g/mol. The Labute approximate surface area is 99.8 Å². The van der Waals surface area contributed by atoms with Gasteiger partial charge in [0.25, 0.3) is 0 Å². The van der Waals surface area contributed by atoms with Crippen LogP contribution in [0.15, 0.2) is 18.2 Å². The molecule has 0 amide bonds. The Morgan fingerprint density at radius 1 is 1.53 bits per heavy atom. The van der Waals surface area contributed by atoms with Crippen molar-refractivity contribution in [3.8, 4) is 0 Å². The first-order chi connectivity index (χ1) is 7.16. The van der Waals surface area contributed by atoms with Crippen LogP contribution in [0.25, 0.3) is 0 Å². The zero-order valence-corrected chi connectivity index (χ0v) is 10.3. The summed E-state index contributed by atoms with van der Waals surface area (Å²) in [6.45, 7) is 4.39. The van der Waals surface area contributed by atoms with Gasteiger partial charge in [0.2, 0.25) is 0 Å². The molecule has 0 saturated carbocycles. The van der Waals surface area contributed by atoms with Crippen LogP contribution in [-0.4, -0.2) is 24.1 Å². The number of nitrogens with zero attached hydrogens (tertiary/aromatic N) is 1. The maximum atomic E-state index is 5.96. The van der Waals surface area contributed by atoms with Crippen LogP contribution in [0.1, 0.15) is 6.92 Å². The molecule has 15 heavy (non-hydrogen) atoms. The van der Waals surface area contributed by atoms with E-state index in [9.17, 15) is 0 Å². The minimum absolute atomic E-state index is 0.675. The average Bonchev–Trinajstić information content (AvgIpc) is 2.17. The fourth-order valence-electron chi connectivity index (χ4n) is 1.85. The lowest BCUT2D eigenvalue weighted by atomic mass is 10.2. The summed E-state index contributed by atoms with van der Waals surface area (Å²) in [6.07, 6.45) is 0. The molecule has 1 aliphatic heterocycles. The molecule has 1 saturated heterocycles. The highest BCUT2D eigenvalue weighted by Crippen LogP contribution is 2.30. The van der Waals surface area contributed by atoms with Crippen LogP contribution in [-0.2, 0) is 0 Å². The molecule has 2 N–H and O–H groups in total. The molecule has 2 rings (SSSR count). The third-order valence-corrected chi connectivity index (χ3v) is 3.94. The third-order valence-electron chi connectivity index (χ3n) is 2.57. The van der Waals surface area contributed by atoms with Crippen LogP contribution in [0.5, 0.6) is 0 Å². The van der Waals surface area contributed by atoms with Crippen molar-refractivity contribution in [1.29, 1.82) is 0 Å². The number of thioether (sulfide) groups is 1. The quantitative estimate of drug-likeness (QED) is 0.768. The van der Waals surface area contributed by atoms with E-state index in [-0.39, 0.29) is 0 Å². The Bertz CT molecular complexity index is 356. The Morgan fingerprint density at radius 3 is 3.00 bits per heavy atom. The van der Waals surface area contributed by atoms with Gasteiger partial charge in [-0.3, -0.25) is 0 Å². The Hall–Kier alpha value is -0.540. The van der Waals surface area contributed by atoms with Crippen molar-refractivity contribution in [3.05, 3.63) is 23.2 Å². The Balaban J connectivity index is 2.21. The lowest BCUT2D eigenvalue weighted by Crippen LogP contribution is -2.36. The second-order valence-corrected chi connectivity index (χ2v) is 5.81. The summed E-state index contributed by atoms with van der Waals surface area (Å²) in [7, 11) is 0. The molecule has 82 valence electrons. The largest absolute Gasteiger partial charge is 0.397 e. The molecule has 4 heteroatoms. The van der Waals surface area contributed by atoms with Crippen LogP contribution in [0.4, 0.5) is 11.4 Å². The summed E-state index contributed by atoms with van der Waals surface area (Å²) >= 11 is 7.90. The van der Waals surface area contributed by atoms with Crippen LogP contribution >= 0.6 is 23.4 Å². The van der Waals surface area contributed by atoms with E-state index in [0.29, 0.717) is 10.3 Å². The van der Waals surface area contributed by atoms with E-state index in [1.165, 1.54) is 5.75 Å². The third kappa shape index (κ3) is 2.52. The first-order valence-corrected chi connectivity index (χ1v) is 6.51. The molecular formula is C11H15ClN2S. The maximum Gasteiger partial charge on any atom is 0.0601 e. The van der Waals surface area contributed by atoms with Crippen molar-refractivity contribution < 1.29 is 0 Å². The first kappa shape index (κ1) is 11.0. The van der Waals surface area contributed by atoms with E-state index in [1.807, 2.05) is 30.0 Å². The van der Waals surface area contributed by atoms with Crippen molar-refractivity contribution in [2.45, 2.75) is 12.2 Å². The number of nitrogen functional groups attached to an aromatic ring is 1. The van der Waals surface area contributed by atoms with Crippen molar-refractivity contribution >= 4 is 34.7 Å². The van der Waals surface area contributed by atoms with Crippen molar-refractivity contribution in [2.75, 3.05) is 29.5 Å². The first-order valence-electron chi connectivity index (χ1n) is 5.08. The smallest absolute Gasteiger partial charge is 0.0601 e. The fourth-order valence-corrected chi connectivity index (χ4v) is 3.04. The van der Waals surface area contributed by atoms with Crippen LogP contribution in [0, 0.1) is 0 Å². The van der Waals surface area contributed by atoms with Crippen molar-refractivity contribution in [3.63, 3.8) is 0 Å². The van der Waals surface area contributed by atoms with E-state index < -0.39 is 0 Å². The van der Waals surface area contributed by atoms with E-state index in [1.54, 1.807) is 0 Å². The van der Waals surface area contributed by atoms with Crippen LogP contribution in [0.2, 0.25) is 5.02 Å². The highest BCUT2D eigenvalue weighted by Gasteiger charge is 2.18. The Kier molecular flexibility index (Phi) is 3.32. The van der Waals surface area contributed by atoms with E-state index >= 15 is 0 Å². The number of rotatable bonds is 1. The van der Waals surface area contributed by atoms with E-state index in [4.69, 9.17) is 17.3 Å². The lowest BCUT2D eigenvalue weighted by molar-refractivity contribution is 0.784. The van der Waals surface area contributed by atoms with Crippen molar-refractivity contribution in [2.24, 2.45) is 0 Å². The van der Waals surface area contributed by atoms with Gasteiger partial charge in [-0.25, -0.2) is 0 Å². The van der Waals surface area contributed by atoms with Gasteiger partial charge in [-0.2, -0.15) is 11.8 Å². The maximum absolute atomic E-state index is 5.96. The topological polar surface area (TPSA) is 29.3 Å². The second kappa shape index (κ2) is 4.54. The number of hydrogen-bond donors (Lipinski definition) is 1. The summed E-state index contributed by atoms with van der Waals surface area (Å²) < 4.78 is 0. The molecule has 2 nitrogen and oxygen atoms in total. The van der Waals surface area contributed by atoms with Gasteiger partial charge in [-0.05, 0) is 18.2 Å². The normalized spacial score (nSPS) is 21.7. The summed E-state index contributed by atoms with van der Waals surface area (Å²) in [4.78, 5) is 2.34. The van der Waals surface area contributed by atoms with Gasteiger partial charge in [-0.15, -0.1) is 0 Å². The molecule has 0 aliphatic carbocycles. The molecule has 1 heterocycles. The van der Waals surface area contributed by atoms with Gasteiger partial charge in [0.15, 0.2) is 0 Å². The number of halogens is 1. The second-order valence-electron chi connectivity index (χ2n) is 3.83. The number of anilines is 2. The molecule has 0 radical (unpaired) electrons. The van der Waals surface area contributed by atoms with Gasteiger partial charge < -0.3 is 10.6 Å². The Morgan fingerprint density at radius 2 is 2.33 bits per heavy atom. The summed E-state index contributed by atoms with van der Waals surface area (Å²) in [6, 6.07) is 5.74. The van der Waals surface area contributed by atoms with Crippen molar-refractivity contribution in [1.82, 2.24) is 0 Å². The number of hydrogen-bond acceptors (Lipinski definition) is 3. The zero-order chi connectivity index (χ0) is 10.8. The highest BCUT2D eigenvalue weighted by molar-refractivity contribution is 8.00. The van der Waals surface area contributed by atoms with Crippen LogP contribution < -0.4 is 10.6 Å². The molecule has 1 atom stereocenters. The van der Waals surface area contributed by atoms with Gasteiger partial charge in [0, 0.05) is 29.1 Å². The summed E-state index contributed by atoms with van der Waals surface area (Å²) in [5, 5.41) is 1.38. The molecule has 0 bridgehead atoms. The molecule has 1 aromatic carbocycles. The monoisotopic (exact) mass is 242 g/mol. The van der Waals surface area contributed by atoms with E-state index in [2.05, 4.69) is 11.8 Å². The molecular weight excluding hydrogens is 228 g/mol. The summed E-state index contributed by atoms with van der Waals surface area (Å²) in [5.41, 5.74) is 7.86. The summed E-state index contributed by atoms with van der Waals surface area (Å²) in [5.74, 6) is 1.17. The highest BCUT2D eigenvalue weighted by atomic mass is 35.5. The number of benzene rings is 1.